The van der Waals surface area contributed by atoms with Crippen LogP contribution in [0.25, 0.3) is 0 Å². The summed E-state index contributed by atoms with van der Waals surface area (Å²) in [6.07, 6.45) is 4.16. The van der Waals surface area contributed by atoms with Crippen molar-refractivity contribution in [3.8, 4) is 0 Å². The highest BCUT2D eigenvalue weighted by molar-refractivity contribution is 5.82. The van der Waals surface area contributed by atoms with Gasteiger partial charge in [0.15, 0.2) is 0 Å². The van der Waals surface area contributed by atoms with Crippen molar-refractivity contribution in [3.63, 3.8) is 0 Å². The van der Waals surface area contributed by atoms with Crippen LogP contribution in [0.2, 0.25) is 0 Å². The van der Waals surface area contributed by atoms with E-state index in [1.54, 1.807) is 4.90 Å². The van der Waals surface area contributed by atoms with Gasteiger partial charge in [-0.1, -0.05) is 20.3 Å². The van der Waals surface area contributed by atoms with E-state index in [2.05, 4.69) is 18.7 Å². The van der Waals surface area contributed by atoms with Crippen LogP contribution in [0.4, 0.5) is 4.79 Å². The van der Waals surface area contributed by atoms with E-state index in [-0.39, 0.29) is 18.0 Å². The Morgan fingerprint density at radius 3 is 2.04 bits per heavy atom. The van der Waals surface area contributed by atoms with Crippen molar-refractivity contribution in [2.75, 3.05) is 46.4 Å². The molecule has 2 saturated heterocycles. The van der Waals surface area contributed by atoms with Gasteiger partial charge >= 0.3 is 6.09 Å². The number of amides is 2. The van der Waals surface area contributed by atoms with Gasteiger partial charge in [0.05, 0.1) is 13.2 Å². The minimum absolute atomic E-state index is 0.0278. The van der Waals surface area contributed by atoms with E-state index in [0.29, 0.717) is 25.6 Å². The highest BCUT2D eigenvalue weighted by Gasteiger charge is 2.34. The molecule has 2 amide bonds. The molecule has 2 fully saturated rings. The van der Waals surface area contributed by atoms with E-state index in [1.165, 1.54) is 26.4 Å². The number of piperidine rings is 1. The fourth-order valence-corrected chi connectivity index (χ4v) is 3.70. The predicted molar refractivity (Wildman–Crippen MR) is 89.2 cm³/mol. The number of nitrogens with zero attached hydrogens (tertiary/aromatic N) is 3. The second-order valence-electron chi connectivity index (χ2n) is 6.92. The Morgan fingerprint density at radius 1 is 0.826 bits per heavy atom. The smallest absolute Gasteiger partial charge is 0.409 e. The molecule has 6 nitrogen and oxygen atoms in total. The fourth-order valence-electron chi connectivity index (χ4n) is 3.70. The summed E-state index contributed by atoms with van der Waals surface area (Å²) in [6.45, 7) is 8.86. The van der Waals surface area contributed by atoms with E-state index >= 15 is 0 Å². The van der Waals surface area contributed by atoms with Crippen LogP contribution >= 0.6 is 0 Å². The maximum Gasteiger partial charge on any atom is 0.409 e. The van der Waals surface area contributed by atoms with Crippen molar-refractivity contribution < 1.29 is 14.3 Å². The van der Waals surface area contributed by atoms with E-state index in [9.17, 15) is 9.59 Å². The summed E-state index contributed by atoms with van der Waals surface area (Å²) in [5, 5.41) is 0. The first-order valence-electron chi connectivity index (χ1n) is 8.90. The zero-order valence-electron chi connectivity index (χ0n) is 14.8. The molecule has 0 N–H and O–H groups in total. The molecule has 0 aromatic rings. The Kier molecular flexibility index (Phi) is 6.69. The number of ether oxygens (including phenoxy) is 1. The Bertz CT molecular complexity index is 408. The summed E-state index contributed by atoms with van der Waals surface area (Å²) in [5.41, 5.74) is 0. The maximum atomic E-state index is 13.1. The summed E-state index contributed by atoms with van der Waals surface area (Å²) in [5.74, 6) is 0.536. The van der Waals surface area contributed by atoms with Crippen LogP contribution in [0.1, 0.15) is 39.5 Å². The number of likely N-dealkylation sites (tertiary alicyclic amines) is 1. The highest BCUT2D eigenvalue weighted by Crippen LogP contribution is 2.20. The van der Waals surface area contributed by atoms with Gasteiger partial charge in [-0.3, -0.25) is 9.69 Å². The molecule has 132 valence electrons. The molecule has 0 aliphatic carbocycles. The van der Waals surface area contributed by atoms with Crippen LogP contribution in [-0.2, 0) is 9.53 Å². The Balaban J connectivity index is 2.00. The van der Waals surface area contributed by atoms with Crippen molar-refractivity contribution in [2.45, 2.75) is 45.6 Å². The third-order valence-electron chi connectivity index (χ3n) is 4.91. The molecule has 0 aromatic carbocycles. The molecule has 2 heterocycles. The molecule has 0 radical (unpaired) electrons. The average Bonchev–Trinajstić information content (AvgIpc) is 2.81. The largest absolute Gasteiger partial charge is 0.453 e. The summed E-state index contributed by atoms with van der Waals surface area (Å²) >= 11 is 0. The minimum Gasteiger partial charge on any atom is -0.453 e. The quantitative estimate of drug-likeness (QED) is 0.794. The predicted octanol–water partition coefficient (Wildman–Crippen LogP) is 1.80. The third kappa shape index (κ3) is 4.59. The fraction of sp³-hybridized carbons (Fsp3) is 0.882. The van der Waals surface area contributed by atoms with Gasteiger partial charge in [-0.2, -0.15) is 0 Å². The van der Waals surface area contributed by atoms with Gasteiger partial charge in [-0.15, -0.1) is 0 Å². The van der Waals surface area contributed by atoms with Gasteiger partial charge < -0.3 is 14.5 Å². The first-order chi connectivity index (χ1) is 11.0. The molecule has 0 unspecified atom stereocenters. The summed E-state index contributed by atoms with van der Waals surface area (Å²) < 4.78 is 4.80. The summed E-state index contributed by atoms with van der Waals surface area (Å²) in [6, 6.07) is -0.0278. The Labute approximate surface area is 139 Å². The van der Waals surface area contributed by atoms with Crippen molar-refractivity contribution in [3.05, 3.63) is 0 Å². The molecular weight excluding hydrogens is 294 g/mol. The average molecular weight is 325 g/mol. The SMILES string of the molecule is COC(=O)N1CCCN(C(=O)[C@H](C(C)C)N2CCCCC2)CC1. The second-order valence-corrected chi connectivity index (χ2v) is 6.92. The van der Waals surface area contributed by atoms with E-state index in [1.807, 2.05) is 4.90 Å². The molecule has 23 heavy (non-hydrogen) atoms. The standard InChI is InChI=1S/C17H31N3O3/c1-14(2)15(18-8-5-4-6-9-18)16(21)19-10-7-11-20(13-12-19)17(22)23-3/h14-15H,4-13H2,1-3H3/t15-/m0/s1. The lowest BCUT2D eigenvalue weighted by Crippen LogP contribution is -2.53. The lowest BCUT2D eigenvalue weighted by molar-refractivity contribution is -0.139. The molecule has 6 heteroatoms. The highest BCUT2D eigenvalue weighted by atomic mass is 16.5. The zero-order chi connectivity index (χ0) is 16.8. The lowest BCUT2D eigenvalue weighted by Gasteiger charge is -2.38. The van der Waals surface area contributed by atoms with E-state index in [4.69, 9.17) is 4.74 Å². The molecule has 0 aromatic heterocycles. The molecular formula is C17H31N3O3. The molecule has 0 saturated carbocycles. The van der Waals surface area contributed by atoms with Crippen LogP contribution < -0.4 is 0 Å². The van der Waals surface area contributed by atoms with Crippen LogP contribution in [0.3, 0.4) is 0 Å². The third-order valence-corrected chi connectivity index (χ3v) is 4.91. The van der Waals surface area contributed by atoms with Crippen LogP contribution in [0, 0.1) is 5.92 Å². The topological polar surface area (TPSA) is 53.1 Å². The monoisotopic (exact) mass is 325 g/mol. The first-order valence-corrected chi connectivity index (χ1v) is 8.90. The molecule has 0 bridgehead atoms. The van der Waals surface area contributed by atoms with E-state index in [0.717, 1.165) is 26.1 Å². The number of hydrogen-bond donors (Lipinski definition) is 0. The van der Waals surface area contributed by atoms with Gasteiger partial charge in [-0.25, -0.2) is 4.79 Å². The van der Waals surface area contributed by atoms with E-state index < -0.39 is 0 Å². The number of carbonyl (C=O) groups excluding carboxylic acids is 2. The number of rotatable bonds is 3. The molecule has 2 aliphatic rings. The van der Waals surface area contributed by atoms with Gasteiger partial charge in [0.2, 0.25) is 5.91 Å². The van der Waals surface area contributed by atoms with Crippen molar-refractivity contribution >= 4 is 12.0 Å². The number of hydrogen-bond acceptors (Lipinski definition) is 4. The van der Waals surface area contributed by atoms with Gasteiger partial charge in [0.25, 0.3) is 0 Å². The van der Waals surface area contributed by atoms with Crippen molar-refractivity contribution in [1.29, 1.82) is 0 Å². The Hall–Kier alpha value is -1.30. The van der Waals surface area contributed by atoms with Gasteiger partial charge in [0.1, 0.15) is 0 Å². The molecule has 2 rings (SSSR count). The summed E-state index contributed by atoms with van der Waals surface area (Å²) in [7, 11) is 1.40. The van der Waals surface area contributed by atoms with Crippen molar-refractivity contribution in [2.24, 2.45) is 5.92 Å². The molecule has 1 atom stereocenters. The van der Waals surface area contributed by atoms with Gasteiger partial charge in [0, 0.05) is 26.2 Å². The lowest BCUT2D eigenvalue weighted by atomic mass is 9.98. The maximum absolute atomic E-state index is 13.1. The Morgan fingerprint density at radius 2 is 1.43 bits per heavy atom. The summed E-state index contributed by atoms with van der Waals surface area (Å²) in [4.78, 5) is 30.8. The van der Waals surface area contributed by atoms with Gasteiger partial charge in [-0.05, 0) is 38.3 Å². The first kappa shape index (κ1) is 18.0. The van der Waals surface area contributed by atoms with Crippen molar-refractivity contribution in [1.82, 2.24) is 14.7 Å². The zero-order valence-corrected chi connectivity index (χ0v) is 14.8. The number of methoxy groups -OCH3 is 1. The normalized spacial score (nSPS) is 21.9. The molecule has 2 aliphatic heterocycles. The minimum atomic E-state index is -0.296. The number of carbonyl (C=O) groups is 2. The van der Waals surface area contributed by atoms with Crippen LogP contribution in [0.15, 0.2) is 0 Å². The van der Waals surface area contributed by atoms with Crippen LogP contribution in [0.5, 0.6) is 0 Å². The van der Waals surface area contributed by atoms with Crippen LogP contribution in [-0.4, -0.2) is 79.1 Å². The molecule has 0 spiro atoms. The second kappa shape index (κ2) is 8.52.